The van der Waals surface area contributed by atoms with Crippen molar-refractivity contribution in [3.8, 4) is 0 Å². The van der Waals surface area contributed by atoms with E-state index in [2.05, 4.69) is 30.8 Å². The second-order valence-electron chi connectivity index (χ2n) is 7.89. The lowest BCUT2D eigenvalue weighted by Crippen LogP contribution is -2.48. The molecule has 7 heteroatoms. The molecule has 0 unspecified atom stereocenters. The summed E-state index contributed by atoms with van der Waals surface area (Å²) in [6.07, 6.45) is 0. The standard InChI is InChI=1S/C19H27N3O3S/c1-15-13-17(25-20-15)14-21-9-11-22(12-10-21)26(23,24)18-7-5-16(6-8-18)19(2,3)4/h5-8,13H,9-12,14H2,1-4H3. The minimum atomic E-state index is -3.45. The Morgan fingerprint density at radius 1 is 1.08 bits per heavy atom. The molecule has 1 fully saturated rings. The van der Waals surface area contributed by atoms with Crippen molar-refractivity contribution < 1.29 is 12.9 Å². The van der Waals surface area contributed by atoms with Gasteiger partial charge in [0.05, 0.1) is 17.1 Å². The third kappa shape index (κ3) is 4.16. The lowest BCUT2D eigenvalue weighted by molar-refractivity contribution is 0.166. The number of sulfonamides is 1. The first-order chi connectivity index (χ1) is 12.2. The SMILES string of the molecule is Cc1cc(CN2CCN(S(=O)(=O)c3ccc(C(C)(C)C)cc3)CC2)on1. The molecule has 0 radical (unpaired) electrons. The summed E-state index contributed by atoms with van der Waals surface area (Å²) in [5.74, 6) is 0.816. The summed E-state index contributed by atoms with van der Waals surface area (Å²) in [6, 6.07) is 9.18. The molecule has 0 atom stereocenters. The van der Waals surface area contributed by atoms with Gasteiger partial charge < -0.3 is 4.52 Å². The Bertz CT molecular complexity index is 843. The van der Waals surface area contributed by atoms with Gasteiger partial charge in [-0.05, 0) is 30.0 Å². The van der Waals surface area contributed by atoms with E-state index in [1.807, 2.05) is 25.1 Å². The van der Waals surface area contributed by atoms with E-state index in [0.29, 0.717) is 37.6 Å². The van der Waals surface area contributed by atoms with Crippen LogP contribution in [0, 0.1) is 6.92 Å². The minimum Gasteiger partial charge on any atom is -0.360 e. The predicted octanol–water partition coefficient (Wildman–Crippen LogP) is 2.79. The van der Waals surface area contributed by atoms with Crippen molar-refractivity contribution in [3.63, 3.8) is 0 Å². The minimum absolute atomic E-state index is 0.00693. The first kappa shape index (κ1) is 19.1. The quantitative estimate of drug-likeness (QED) is 0.820. The molecule has 0 N–H and O–H groups in total. The van der Waals surface area contributed by atoms with Crippen LogP contribution < -0.4 is 0 Å². The molecule has 3 rings (SSSR count). The van der Waals surface area contributed by atoms with Crippen molar-refractivity contribution in [3.05, 3.63) is 47.3 Å². The summed E-state index contributed by atoms with van der Waals surface area (Å²) >= 11 is 0. The average molecular weight is 378 g/mol. The van der Waals surface area contributed by atoms with E-state index in [4.69, 9.17) is 4.52 Å². The van der Waals surface area contributed by atoms with Crippen molar-refractivity contribution >= 4 is 10.0 Å². The Kier molecular flexibility index (Phi) is 5.23. The molecule has 1 aromatic carbocycles. The van der Waals surface area contributed by atoms with Gasteiger partial charge in [0.1, 0.15) is 0 Å². The van der Waals surface area contributed by atoms with Crippen LogP contribution in [-0.2, 0) is 22.0 Å². The highest BCUT2D eigenvalue weighted by atomic mass is 32.2. The predicted molar refractivity (Wildman–Crippen MR) is 100 cm³/mol. The molecular formula is C19H27N3O3S. The lowest BCUT2D eigenvalue weighted by Gasteiger charge is -2.33. The van der Waals surface area contributed by atoms with E-state index in [1.54, 1.807) is 16.4 Å². The van der Waals surface area contributed by atoms with Gasteiger partial charge in [0.2, 0.25) is 10.0 Å². The Morgan fingerprint density at radius 3 is 2.19 bits per heavy atom. The monoisotopic (exact) mass is 377 g/mol. The number of nitrogens with zero attached hydrogens (tertiary/aromatic N) is 3. The Labute approximate surface area is 155 Å². The van der Waals surface area contributed by atoms with Crippen LogP contribution in [0.25, 0.3) is 0 Å². The van der Waals surface area contributed by atoms with Crippen LogP contribution in [0.3, 0.4) is 0 Å². The number of aryl methyl sites for hydroxylation is 1. The molecule has 2 heterocycles. The second kappa shape index (κ2) is 7.13. The van der Waals surface area contributed by atoms with E-state index in [-0.39, 0.29) is 5.41 Å². The molecule has 1 aliphatic rings. The van der Waals surface area contributed by atoms with E-state index in [1.165, 1.54) is 0 Å². The summed E-state index contributed by atoms with van der Waals surface area (Å²) in [4.78, 5) is 2.55. The summed E-state index contributed by atoms with van der Waals surface area (Å²) in [6.45, 7) is 11.2. The zero-order valence-electron chi connectivity index (χ0n) is 15.9. The number of aromatic nitrogens is 1. The van der Waals surface area contributed by atoms with E-state index >= 15 is 0 Å². The van der Waals surface area contributed by atoms with Crippen molar-refractivity contribution in [1.82, 2.24) is 14.4 Å². The zero-order chi connectivity index (χ0) is 18.9. The van der Waals surface area contributed by atoms with Crippen molar-refractivity contribution in [2.24, 2.45) is 0 Å². The van der Waals surface area contributed by atoms with Crippen molar-refractivity contribution in [1.29, 1.82) is 0 Å². The third-order valence-corrected chi connectivity index (χ3v) is 6.66. The molecule has 0 bridgehead atoms. The molecular weight excluding hydrogens is 350 g/mol. The van der Waals surface area contributed by atoms with Crippen LogP contribution in [0.4, 0.5) is 0 Å². The molecule has 0 saturated carbocycles. The van der Waals surface area contributed by atoms with Gasteiger partial charge in [0.15, 0.2) is 5.76 Å². The number of hydrogen-bond donors (Lipinski definition) is 0. The highest BCUT2D eigenvalue weighted by Crippen LogP contribution is 2.25. The summed E-state index contributed by atoms with van der Waals surface area (Å²) in [5.41, 5.74) is 2.00. The maximum Gasteiger partial charge on any atom is 0.243 e. The topological polar surface area (TPSA) is 66.7 Å². The second-order valence-corrected chi connectivity index (χ2v) is 9.83. The fourth-order valence-electron chi connectivity index (χ4n) is 3.12. The first-order valence-electron chi connectivity index (χ1n) is 8.91. The molecule has 0 spiro atoms. The molecule has 1 saturated heterocycles. The number of rotatable bonds is 4. The Balaban J connectivity index is 1.64. The van der Waals surface area contributed by atoms with Gasteiger partial charge in [-0.1, -0.05) is 38.1 Å². The molecule has 142 valence electrons. The van der Waals surface area contributed by atoms with E-state index in [0.717, 1.165) is 17.0 Å². The van der Waals surface area contributed by atoms with Gasteiger partial charge in [-0.3, -0.25) is 4.90 Å². The maximum atomic E-state index is 12.9. The molecule has 1 aromatic heterocycles. The molecule has 6 nitrogen and oxygen atoms in total. The maximum absolute atomic E-state index is 12.9. The van der Waals surface area contributed by atoms with Crippen LogP contribution in [0.5, 0.6) is 0 Å². The zero-order valence-corrected chi connectivity index (χ0v) is 16.7. The molecule has 0 amide bonds. The van der Waals surface area contributed by atoms with Crippen LogP contribution in [0.2, 0.25) is 0 Å². The lowest BCUT2D eigenvalue weighted by atomic mass is 9.87. The summed E-state index contributed by atoms with van der Waals surface area (Å²) in [5, 5.41) is 3.89. The van der Waals surface area contributed by atoms with Crippen LogP contribution in [0.1, 0.15) is 37.8 Å². The van der Waals surface area contributed by atoms with E-state index in [9.17, 15) is 8.42 Å². The van der Waals surface area contributed by atoms with Crippen LogP contribution >= 0.6 is 0 Å². The highest BCUT2D eigenvalue weighted by Gasteiger charge is 2.29. The largest absolute Gasteiger partial charge is 0.360 e. The smallest absolute Gasteiger partial charge is 0.243 e. The summed E-state index contributed by atoms with van der Waals surface area (Å²) in [7, 11) is -3.45. The molecule has 1 aliphatic heterocycles. The van der Waals surface area contributed by atoms with Crippen LogP contribution in [0.15, 0.2) is 39.8 Å². The number of piperazine rings is 1. The average Bonchev–Trinajstić information content (AvgIpc) is 2.99. The number of hydrogen-bond acceptors (Lipinski definition) is 5. The van der Waals surface area contributed by atoms with Gasteiger partial charge in [-0.15, -0.1) is 0 Å². The highest BCUT2D eigenvalue weighted by molar-refractivity contribution is 7.89. The fraction of sp³-hybridized carbons (Fsp3) is 0.526. The van der Waals surface area contributed by atoms with Crippen LogP contribution in [-0.4, -0.2) is 49.0 Å². The van der Waals surface area contributed by atoms with Gasteiger partial charge in [0, 0.05) is 32.2 Å². The van der Waals surface area contributed by atoms with Gasteiger partial charge in [0.25, 0.3) is 0 Å². The summed E-state index contributed by atoms with van der Waals surface area (Å²) < 4.78 is 32.6. The van der Waals surface area contributed by atoms with Gasteiger partial charge in [-0.2, -0.15) is 4.31 Å². The molecule has 2 aromatic rings. The van der Waals surface area contributed by atoms with Gasteiger partial charge >= 0.3 is 0 Å². The van der Waals surface area contributed by atoms with Crippen molar-refractivity contribution in [2.75, 3.05) is 26.2 Å². The first-order valence-corrected chi connectivity index (χ1v) is 10.4. The third-order valence-electron chi connectivity index (χ3n) is 4.75. The van der Waals surface area contributed by atoms with E-state index < -0.39 is 10.0 Å². The number of benzene rings is 1. The normalized spacial score (nSPS) is 17.5. The Hall–Kier alpha value is -1.70. The Morgan fingerprint density at radius 2 is 1.69 bits per heavy atom. The molecule has 0 aliphatic carbocycles. The van der Waals surface area contributed by atoms with Crippen molar-refractivity contribution in [2.45, 2.75) is 44.6 Å². The molecule has 26 heavy (non-hydrogen) atoms. The fourth-order valence-corrected chi connectivity index (χ4v) is 4.54. The van der Waals surface area contributed by atoms with Gasteiger partial charge in [-0.25, -0.2) is 8.42 Å².